The van der Waals surface area contributed by atoms with Crippen molar-refractivity contribution in [1.82, 2.24) is 0 Å². The molecule has 0 unspecified atom stereocenters. The van der Waals surface area contributed by atoms with Crippen molar-refractivity contribution < 1.29 is 14.1 Å². The molecule has 2 aliphatic rings. The van der Waals surface area contributed by atoms with E-state index in [0.29, 0.717) is 5.92 Å². The zero-order chi connectivity index (χ0) is 18.4. The summed E-state index contributed by atoms with van der Waals surface area (Å²) in [6.45, 7) is 13.2. The van der Waals surface area contributed by atoms with E-state index in [9.17, 15) is 4.79 Å². The maximum absolute atomic E-state index is 12.6. The van der Waals surface area contributed by atoms with Crippen LogP contribution < -0.4 is 4.74 Å². The van der Waals surface area contributed by atoms with Gasteiger partial charge in [0.1, 0.15) is 0 Å². The molecule has 0 atom stereocenters. The molecule has 0 saturated heterocycles. The van der Waals surface area contributed by atoms with E-state index in [4.69, 9.17) is 4.74 Å². The fourth-order valence-corrected chi connectivity index (χ4v) is 3.76. The van der Waals surface area contributed by atoms with Gasteiger partial charge in [0.15, 0.2) is 6.21 Å². The monoisotopic (exact) mass is 342 g/mol. The smallest absolute Gasteiger partial charge is 0.365 e. The zero-order valence-electron chi connectivity index (χ0n) is 16.6. The van der Waals surface area contributed by atoms with Gasteiger partial charge in [-0.1, -0.05) is 71.4 Å². The van der Waals surface area contributed by atoms with E-state index in [1.165, 1.54) is 37.7 Å². The molecular weight excluding hydrogens is 310 g/mol. The van der Waals surface area contributed by atoms with E-state index >= 15 is 0 Å². The molecule has 1 aliphatic heterocycles. The average molecular weight is 343 g/mol. The lowest BCUT2D eigenvalue weighted by Gasteiger charge is -2.25. The van der Waals surface area contributed by atoms with E-state index in [2.05, 4.69) is 59.9 Å². The zero-order valence-corrected chi connectivity index (χ0v) is 16.6. The molecule has 1 saturated carbocycles. The molecule has 0 aromatic heterocycles. The van der Waals surface area contributed by atoms with Gasteiger partial charge < -0.3 is 4.74 Å². The van der Waals surface area contributed by atoms with Crippen LogP contribution in [0.5, 0.6) is 5.75 Å². The minimum Gasteiger partial charge on any atom is -0.365 e. The van der Waals surface area contributed by atoms with Crippen LogP contribution in [-0.4, -0.2) is 16.9 Å². The van der Waals surface area contributed by atoms with Gasteiger partial charge in [-0.05, 0) is 29.2 Å². The molecule has 3 heteroatoms. The molecule has 1 heterocycles. The van der Waals surface area contributed by atoms with Crippen LogP contribution in [0.1, 0.15) is 84.8 Å². The first-order chi connectivity index (χ1) is 11.6. The Labute approximate surface area is 152 Å². The van der Waals surface area contributed by atoms with Crippen LogP contribution in [0.2, 0.25) is 0 Å². The van der Waals surface area contributed by atoms with Gasteiger partial charge in [-0.2, -0.15) is 4.79 Å². The van der Waals surface area contributed by atoms with Gasteiger partial charge in [0, 0.05) is 17.5 Å². The van der Waals surface area contributed by atoms with Gasteiger partial charge in [0.25, 0.3) is 5.69 Å². The van der Waals surface area contributed by atoms with Gasteiger partial charge >= 0.3 is 6.09 Å². The van der Waals surface area contributed by atoms with Crippen LogP contribution in [-0.2, 0) is 10.8 Å². The number of rotatable bonds is 1. The summed E-state index contributed by atoms with van der Waals surface area (Å²) >= 11 is 0. The van der Waals surface area contributed by atoms with Crippen molar-refractivity contribution in [2.24, 2.45) is 5.92 Å². The molecule has 0 radical (unpaired) electrons. The summed E-state index contributed by atoms with van der Waals surface area (Å²) in [5.74, 6) is 1.22. The Bertz CT molecular complexity index is 711. The molecule has 0 spiro atoms. The molecule has 3 nitrogen and oxygen atoms in total. The van der Waals surface area contributed by atoms with Crippen molar-refractivity contribution in [3.63, 3.8) is 0 Å². The number of hydrogen-bond acceptors (Lipinski definition) is 2. The Morgan fingerprint density at radius 1 is 1.00 bits per heavy atom. The summed E-state index contributed by atoms with van der Waals surface area (Å²) in [6.07, 6.45) is 8.03. The highest BCUT2D eigenvalue weighted by Crippen LogP contribution is 2.45. The molecule has 25 heavy (non-hydrogen) atoms. The second-order valence-electron chi connectivity index (χ2n) is 9.66. The fourth-order valence-electron chi connectivity index (χ4n) is 3.76. The van der Waals surface area contributed by atoms with Gasteiger partial charge in [-0.25, -0.2) is 0 Å². The van der Waals surface area contributed by atoms with E-state index < -0.39 is 0 Å². The Morgan fingerprint density at radius 3 is 2.20 bits per heavy atom. The van der Waals surface area contributed by atoms with E-state index in [0.717, 1.165) is 17.0 Å². The third kappa shape index (κ3) is 3.65. The second kappa shape index (κ2) is 6.26. The first-order valence-electron chi connectivity index (χ1n) is 9.62. The molecule has 0 bridgehead atoms. The quantitative estimate of drug-likeness (QED) is 0.578. The highest BCUT2D eigenvalue weighted by atomic mass is 16.6. The Kier molecular flexibility index (Phi) is 4.55. The number of benzene rings is 1. The summed E-state index contributed by atoms with van der Waals surface area (Å²) < 4.78 is 7.52. The lowest BCUT2D eigenvalue weighted by Crippen LogP contribution is -2.20. The standard InChI is InChI=1S/C22H32NO2/c1-21(2,3)16-12-17(22(4,5)6)19-18(13-16)23(20(24)25-19)14-15-10-8-7-9-11-15/h12-15H,7-11H2,1-6H3/q+1/b23-14+. The Morgan fingerprint density at radius 2 is 1.64 bits per heavy atom. The van der Waals surface area contributed by atoms with Crippen molar-refractivity contribution >= 4 is 18.0 Å². The van der Waals surface area contributed by atoms with Gasteiger partial charge in [-0.3, -0.25) is 0 Å². The molecular formula is C22H32NO2+. The Hall–Kier alpha value is -1.64. The van der Waals surface area contributed by atoms with Gasteiger partial charge in [0.2, 0.25) is 5.75 Å². The van der Waals surface area contributed by atoms with E-state index in [-0.39, 0.29) is 16.9 Å². The maximum atomic E-state index is 12.6. The molecule has 1 amide bonds. The van der Waals surface area contributed by atoms with Gasteiger partial charge in [0.05, 0.1) is 0 Å². The first kappa shape index (κ1) is 18.2. The molecule has 1 fully saturated rings. The maximum Gasteiger partial charge on any atom is 0.608 e. The minimum absolute atomic E-state index is 0.0250. The first-order valence-corrected chi connectivity index (χ1v) is 9.62. The second-order valence-corrected chi connectivity index (χ2v) is 9.66. The lowest BCUT2D eigenvalue weighted by atomic mass is 9.79. The van der Waals surface area contributed by atoms with Crippen molar-refractivity contribution in [3.8, 4) is 5.75 Å². The van der Waals surface area contributed by atoms with Crippen LogP contribution in [0.3, 0.4) is 0 Å². The number of carbonyl (C=O) groups excluding carboxylic acids is 1. The predicted octanol–water partition coefficient (Wildman–Crippen LogP) is 6.09. The molecule has 136 valence electrons. The molecule has 0 N–H and O–H groups in total. The number of hydrogen-bond donors (Lipinski definition) is 0. The van der Waals surface area contributed by atoms with Crippen molar-refractivity contribution in [2.45, 2.75) is 84.5 Å². The summed E-state index contributed by atoms with van der Waals surface area (Å²) in [5, 5.41) is 0. The molecule has 3 rings (SSSR count). The third-order valence-electron chi connectivity index (χ3n) is 5.40. The number of nitrogens with zero attached hydrogens (tertiary/aromatic N) is 1. The third-order valence-corrected chi connectivity index (χ3v) is 5.40. The van der Waals surface area contributed by atoms with Crippen molar-refractivity contribution in [1.29, 1.82) is 0 Å². The molecule has 1 aromatic rings. The Balaban J connectivity index is 2.14. The van der Waals surface area contributed by atoms with Crippen LogP contribution in [0.4, 0.5) is 10.5 Å². The number of amides is 1. The van der Waals surface area contributed by atoms with Crippen LogP contribution >= 0.6 is 0 Å². The van der Waals surface area contributed by atoms with Crippen LogP contribution in [0.25, 0.3) is 0 Å². The summed E-state index contributed by atoms with van der Waals surface area (Å²) in [7, 11) is 0. The van der Waals surface area contributed by atoms with Gasteiger partial charge in [-0.15, -0.1) is 0 Å². The molecule has 1 aliphatic carbocycles. The number of carbonyl (C=O) groups is 1. The minimum atomic E-state index is -0.253. The summed E-state index contributed by atoms with van der Waals surface area (Å²) in [6, 6.07) is 4.37. The normalized spacial score (nSPS) is 20.7. The topological polar surface area (TPSA) is 29.3 Å². The largest absolute Gasteiger partial charge is 0.608 e. The van der Waals surface area contributed by atoms with Crippen LogP contribution in [0.15, 0.2) is 12.1 Å². The average Bonchev–Trinajstić information content (AvgIpc) is 2.81. The van der Waals surface area contributed by atoms with Crippen molar-refractivity contribution in [3.05, 3.63) is 23.3 Å². The fraction of sp³-hybridized carbons (Fsp3) is 0.636. The van der Waals surface area contributed by atoms with Crippen LogP contribution in [0, 0.1) is 5.92 Å². The highest BCUT2D eigenvalue weighted by Gasteiger charge is 2.42. The SMILES string of the molecule is CC(C)(C)c1cc2c(c(C(C)(C)C)c1)OC(=O)/[N+]2=C/C1CCCCC1. The summed E-state index contributed by atoms with van der Waals surface area (Å²) in [5.41, 5.74) is 3.23. The van der Waals surface area contributed by atoms with E-state index in [1.807, 2.05) is 0 Å². The van der Waals surface area contributed by atoms with E-state index in [1.54, 1.807) is 4.58 Å². The lowest BCUT2D eigenvalue weighted by molar-refractivity contribution is -0.331. The summed E-state index contributed by atoms with van der Waals surface area (Å²) in [4.78, 5) is 12.6. The molecule has 1 aromatic carbocycles. The number of fused-ring (bicyclic) bond motifs is 1. The van der Waals surface area contributed by atoms with Crippen molar-refractivity contribution in [2.75, 3.05) is 0 Å². The number of ether oxygens (including phenoxy) is 1. The highest BCUT2D eigenvalue weighted by molar-refractivity contribution is 5.81. The predicted molar refractivity (Wildman–Crippen MR) is 102 cm³/mol.